The molecule has 0 aliphatic rings. The highest BCUT2D eigenvalue weighted by Crippen LogP contribution is 2.24. The summed E-state index contributed by atoms with van der Waals surface area (Å²) in [5.74, 6) is 0.621. The van der Waals surface area contributed by atoms with Crippen LogP contribution < -0.4 is 5.56 Å². The number of aromatic nitrogens is 2. The van der Waals surface area contributed by atoms with Crippen molar-refractivity contribution in [3.8, 4) is 11.1 Å². The zero-order valence-electron chi connectivity index (χ0n) is 8.12. The fourth-order valence-electron chi connectivity index (χ4n) is 1.36. The van der Waals surface area contributed by atoms with E-state index in [-0.39, 0.29) is 5.56 Å². The van der Waals surface area contributed by atoms with Crippen LogP contribution in [-0.4, -0.2) is 9.97 Å². The van der Waals surface area contributed by atoms with Crippen molar-refractivity contribution >= 4 is 15.9 Å². The predicted octanol–water partition coefficient (Wildman–Crippen LogP) is 2.51. The molecule has 0 fully saturated rings. The zero-order chi connectivity index (χ0) is 10.8. The third kappa shape index (κ3) is 1.99. The van der Waals surface area contributed by atoms with Crippen LogP contribution in [-0.2, 0) is 0 Å². The van der Waals surface area contributed by atoms with Crippen LogP contribution in [0, 0.1) is 6.92 Å². The molecule has 0 spiro atoms. The number of halogens is 1. The molecule has 2 rings (SSSR count). The summed E-state index contributed by atoms with van der Waals surface area (Å²) in [5, 5.41) is 0. The largest absolute Gasteiger partial charge is 0.310 e. The molecule has 76 valence electrons. The number of aryl methyl sites for hydroxylation is 1. The second-order valence-electron chi connectivity index (χ2n) is 3.19. The van der Waals surface area contributed by atoms with E-state index < -0.39 is 0 Å². The van der Waals surface area contributed by atoms with E-state index in [9.17, 15) is 4.79 Å². The van der Waals surface area contributed by atoms with Gasteiger partial charge in [0.15, 0.2) is 0 Å². The molecule has 0 bridgehead atoms. The Morgan fingerprint density at radius 2 is 2.00 bits per heavy atom. The van der Waals surface area contributed by atoms with E-state index in [2.05, 4.69) is 25.9 Å². The van der Waals surface area contributed by atoms with Gasteiger partial charge in [-0.3, -0.25) is 4.79 Å². The van der Waals surface area contributed by atoms with Gasteiger partial charge in [-0.2, -0.15) is 0 Å². The first-order chi connectivity index (χ1) is 7.18. The quantitative estimate of drug-likeness (QED) is 0.861. The average Bonchev–Trinajstić information content (AvgIpc) is 2.20. The number of nitrogens with one attached hydrogen (secondary N) is 1. The number of rotatable bonds is 1. The summed E-state index contributed by atoms with van der Waals surface area (Å²) in [6, 6.07) is 7.57. The van der Waals surface area contributed by atoms with Crippen molar-refractivity contribution in [3.63, 3.8) is 0 Å². The Morgan fingerprint density at radius 1 is 1.27 bits per heavy atom. The van der Waals surface area contributed by atoms with Gasteiger partial charge in [0.1, 0.15) is 5.82 Å². The SMILES string of the molecule is Cc1ncc(-c2ccccc2Br)c(=O)[nH]1. The van der Waals surface area contributed by atoms with Crippen LogP contribution in [0.5, 0.6) is 0 Å². The standard InChI is InChI=1S/C11H9BrN2O/c1-7-13-6-9(11(15)14-7)8-4-2-3-5-10(8)12/h2-6H,1H3,(H,13,14,15). The minimum Gasteiger partial charge on any atom is -0.310 e. The molecule has 1 heterocycles. The predicted molar refractivity (Wildman–Crippen MR) is 62.7 cm³/mol. The van der Waals surface area contributed by atoms with Gasteiger partial charge in [0.2, 0.25) is 0 Å². The van der Waals surface area contributed by atoms with Crippen LogP contribution in [0.2, 0.25) is 0 Å². The normalized spacial score (nSPS) is 10.3. The lowest BCUT2D eigenvalue weighted by molar-refractivity contribution is 1.02. The Morgan fingerprint density at radius 3 is 2.67 bits per heavy atom. The molecular formula is C11H9BrN2O. The molecule has 4 heteroatoms. The van der Waals surface area contributed by atoms with Crippen LogP contribution >= 0.6 is 15.9 Å². The van der Waals surface area contributed by atoms with Gasteiger partial charge in [0, 0.05) is 16.2 Å². The first-order valence-electron chi connectivity index (χ1n) is 4.49. The molecule has 0 radical (unpaired) electrons. The lowest BCUT2D eigenvalue weighted by Gasteiger charge is -2.02. The number of nitrogens with zero attached hydrogens (tertiary/aromatic N) is 1. The summed E-state index contributed by atoms with van der Waals surface area (Å²) >= 11 is 3.41. The van der Waals surface area contributed by atoms with E-state index in [1.807, 2.05) is 24.3 Å². The van der Waals surface area contributed by atoms with Gasteiger partial charge in [0.05, 0.1) is 5.56 Å². The fraction of sp³-hybridized carbons (Fsp3) is 0.0909. The minimum absolute atomic E-state index is 0.116. The molecule has 15 heavy (non-hydrogen) atoms. The summed E-state index contributed by atoms with van der Waals surface area (Å²) in [6.07, 6.45) is 1.59. The van der Waals surface area contributed by atoms with Gasteiger partial charge >= 0.3 is 0 Å². The van der Waals surface area contributed by atoms with E-state index in [4.69, 9.17) is 0 Å². The van der Waals surface area contributed by atoms with Crippen LogP contribution in [0.1, 0.15) is 5.82 Å². The Balaban J connectivity index is 2.65. The highest BCUT2D eigenvalue weighted by Gasteiger charge is 2.06. The Bertz CT molecular complexity index is 548. The van der Waals surface area contributed by atoms with Gasteiger partial charge in [-0.1, -0.05) is 34.1 Å². The molecule has 1 aromatic heterocycles. The molecule has 1 aromatic carbocycles. The van der Waals surface area contributed by atoms with Gasteiger partial charge in [-0.25, -0.2) is 4.98 Å². The van der Waals surface area contributed by atoms with E-state index in [1.54, 1.807) is 13.1 Å². The van der Waals surface area contributed by atoms with Crippen molar-refractivity contribution in [2.75, 3.05) is 0 Å². The number of benzene rings is 1. The monoisotopic (exact) mass is 264 g/mol. The summed E-state index contributed by atoms with van der Waals surface area (Å²) in [7, 11) is 0. The number of hydrogen-bond acceptors (Lipinski definition) is 2. The summed E-state index contributed by atoms with van der Waals surface area (Å²) in [6.45, 7) is 1.76. The summed E-state index contributed by atoms with van der Waals surface area (Å²) < 4.78 is 0.890. The third-order valence-corrected chi connectivity index (χ3v) is 2.78. The molecule has 3 nitrogen and oxygen atoms in total. The van der Waals surface area contributed by atoms with Crippen molar-refractivity contribution in [3.05, 3.63) is 51.1 Å². The lowest BCUT2D eigenvalue weighted by Crippen LogP contribution is -2.11. The van der Waals surface area contributed by atoms with Crippen molar-refractivity contribution in [2.24, 2.45) is 0 Å². The Labute approximate surface area is 95.3 Å². The molecular weight excluding hydrogens is 256 g/mol. The molecule has 0 atom stereocenters. The van der Waals surface area contributed by atoms with E-state index >= 15 is 0 Å². The second-order valence-corrected chi connectivity index (χ2v) is 4.05. The number of hydrogen-bond donors (Lipinski definition) is 1. The summed E-state index contributed by atoms with van der Waals surface area (Å²) in [4.78, 5) is 18.4. The summed E-state index contributed by atoms with van der Waals surface area (Å²) in [5.41, 5.74) is 1.31. The molecule has 2 aromatic rings. The fourth-order valence-corrected chi connectivity index (χ4v) is 1.85. The van der Waals surface area contributed by atoms with E-state index in [0.717, 1.165) is 10.0 Å². The minimum atomic E-state index is -0.116. The number of H-pyrrole nitrogens is 1. The van der Waals surface area contributed by atoms with Gasteiger partial charge in [0.25, 0.3) is 5.56 Å². The first kappa shape index (κ1) is 10.1. The van der Waals surface area contributed by atoms with Crippen LogP contribution in [0.25, 0.3) is 11.1 Å². The topological polar surface area (TPSA) is 45.8 Å². The molecule has 0 aliphatic carbocycles. The second kappa shape index (κ2) is 3.98. The van der Waals surface area contributed by atoms with Gasteiger partial charge in [-0.05, 0) is 13.0 Å². The van der Waals surface area contributed by atoms with Crippen LogP contribution in [0.3, 0.4) is 0 Å². The van der Waals surface area contributed by atoms with Crippen LogP contribution in [0.4, 0.5) is 0 Å². The highest BCUT2D eigenvalue weighted by atomic mass is 79.9. The first-order valence-corrected chi connectivity index (χ1v) is 5.28. The molecule has 0 unspecified atom stereocenters. The maximum Gasteiger partial charge on any atom is 0.258 e. The molecule has 0 amide bonds. The maximum absolute atomic E-state index is 11.7. The van der Waals surface area contributed by atoms with Crippen molar-refractivity contribution in [2.45, 2.75) is 6.92 Å². The smallest absolute Gasteiger partial charge is 0.258 e. The molecule has 1 N–H and O–H groups in total. The lowest BCUT2D eigenvalue weighted by atomic mass is 10.1. The van der Waals surface area contributed by atoms with Crippen molar-refractivity contribution < 1.29 is 0 Å². The third-order valence-electron chi connectivity index (χ3n) is 2.09. The van der Waals surface area contributed by atoms with E-state index in [0.29, 0.717) is 11.4 Å². The maximum atomic E-state index is 11.7. The average molecular weight is 265 g/mol. The highest BCUT2D eigenvalue weighted by molar-refractivity contribution is 9.10. The molecule has 0 saturated heterocycles. The van der Waals surface area contributed by atoms with Crippen molar-refractivity contribution in [1.82, 2.24) is 9.97 Å². The molecule has 0 aliphatic heterocycles. The van der Waals surface area contributed by atoms with Gasteiger partial charge in [-0.15, -0.1) is 0 Å². The van der Waals surface area contributed by atoms with Crippen molar-refractivity contribution in [1.29, 1.82) is 0 Å². The van der Waals surface area contributed by atoms with E-state index in [1.165, 1.54) is 0 Å². The zero-order valence-corrected chi connectivity index (χ0v) is 9.71. The van der Waals surface area contributed by atoms with Gasteiger partial charge < -0.3 is 4.98 Å². The number of aromatic amines is 1. The molecule has 0 saturated carbocycles. The Kier molecular flexibility index (Phi) is 2.68. The van der Waals surface area contributed by atoms with Crippen LogP contribution in [0.15, 0.2) is 39.7 Å². The Hall–Kier alpha value is -1.42.